The largest absolute Gasteiger partial charge is 0.484 e. The first-order valence-electron chi connectivity index (χ1n) is 6.92. The minimum absolute atomic E-state index is 0.0174. The van der Waals surface area contributed by atoms with Gasteiger partial charge in [-0.05, 0) is 55.0 Å². The minimum Gasteiger partial charge on any atom is -0.484 e. The molecule has 1 N–H and O–H groups in total. The lowest BCUT2D eigenvalue weighted by atomic mass is 10.2. The van der Waals surface area contributed by atoms with Crippen LogP contribution in [0.1, 0.15) is 5.56 Å². The molecule has 1 amide bonds. The lowest BCUT2D eigenvalue weighted by Gasteiger charge is -2.13. The fourth-order valence-corrected chi connectivity index (χ4v) is 2.14. The number of carbonyl (C=O) groups is 1. The monoisotopic (exact) mass is 362 g/mol. The summed E-state index contributed by atoms with van der Waals surface area (Å²) in [6.07, 6.45) is 0. The summed E-state index contributed by atoms with van der Waals surface area (Å²) in [7, 11) is 3.95. The molecule has 0 unspecified atom stereocenters. The van der Waals surface area contributed by atoms with E-state index in [0.29, 0.717) is 5.75 Å². The molecule has 0 saturated carbocycles. The van der Waals surface area contributed by atoms with Gasteiger partial charge in [0.2, 0.25) is 0 Å². The van der Waals surface area contributed by atoms with Crippen LogP contribution < -0.4 is 15.0 Å². The van der Waals surface area contributed by atoms with E-state index in [2.05, 4.69) is 21.2 Å². The number of hydrogen-bond acceptors (Lipinski definition) is 3. The SMILES string of the molecule is Cc1cc(OCC(=O)Nc2ccc(N(C)C)cc2)ccc1Br. The Kier molecular flexibility index (Phi) is 5.44. The quantitative estimate of drug-likeness (QED) is 0.878. The molecule has 2 aromatic carbocycles. The molecule has 0 radical (unpaired) electrons. The van der Waals surface area contributed by atoms with Crippen LogP contribution in [0.25, 0.3) is 0 Å². The summed E-state index contributed by atoms with van der Waals surface area (Å²) in [6, 6.07) is 13.3. The summed E-state index contributed by atoms with van der Waals surface area (Å²) >= 11 is 3.43. The second-order valence-electron chi connectivity index (χ2n) is 5.19. The van der Waals surface area contributed by atoms with E-state index in [-0.39, 0.29) is 12.5 Å². The Morgan fingerprint density at radius 3 is 2.45 bits per heavy atom. The van der Waals surface area contributed by atoms with Crippen molar-refractivity contribution in [1.29, 1.82) is 0 Å². The predicted molar refractivity (Wildman–Crippen MR) is 93.8 cm³/mol. The summed E-state index contributed by atoms with van der Waals surface area (Å²) in [5.74, 6) is 0.497. The summed E-state index contributed by atoms with van der Waals surface area (Å²) in [5, 5.41) is 2.81. The molecule has 0 aliphatic heterocycles. The van der Waals surface area contributed by atoms with Crippen molar-refractivity contribution in [3.05, 3.63) is 52.5 Å². The molecule has 5 heteroatoms. The van der Waals surface area contributed by atoms with E-state index in [0.717, 1.165) is 21.4 Å². The van der Waals surface area contributed by atoms with Crippen LogP contribution >= 0.6 is 15.9 Å². The normalized spacial score (nSPS) is 10.2. The van der Waals surface area contributed by atoms with Gasteiger partial charge >= 0.3 is 0 Å². The third-order valence-corrected chi connectivity index (χ3v) is 4.06. The summed E-state index contributed by atoms with van der Waals surface area (Å²) in [4.78, 5) is 13.9. The Labute approximate surface area is 139 Å². The number of amides is 1. The van der Waals surface area contributed by atoms with Gasteiger partial charge in [0.15, 0.2) is 6.61 Å². The highest BCUT2D eigenvalue weighted by molar-refractivity contribution is 9.10. The van der Waals surface area contributed by atoms with Gasteiger partial charge in [-0.3, -0.25) is 4.79 Å². The average molecular weight is 363 g/mol. The third-order valence-electron chi connectivity index (χ3n) is 3.17. The van der Waals surface area contributed by atoms with Gasteiger partial charge in [-0.1, -0.05) is 15.9 Å². The number of carbonyl (C=O) groups excluding carboxylic acids is 1. The van der Waals surface area contributed by atoms with Gasteiger partial charge in [0, 0.05) is 29.9 Å². The maximum Gasteiger partial charge on any atom is 0.262 e. The van der Waals surface area contributed by atoms with Crippen molar-refractivity contribution >= 4 is 33.2 Å². The van der Waals surface area contributed by atoms with E-state index in [1.165, 1.54) is 0 Å². The van der Waals surface area contributed by atoms with Crippen molar-refractivity contribution in [1.82, 2.24) is 0 Å². The maximum absolute atomic E-state index is 11.9. The Bertz CT molecular complexity index is 654. The third kappa shape index (κ3) is 4.49. The van der Waals surface area contributed by atoms with Crippen molar-refractivity contribution in [2.24, 2.45) is 0 Å². The van der Waals surface area contributed by atoms with Crippen LogP contribution in [0, 0.1) is 6.92 Å². The number of benzene rings is 2. The Balaban J connectivity index is 1.88. The average Bonchev–Trinajstić information content (AvgIpc) is 2.49. The number of halogens is 1. The Morgan fingerprint density at radius 1 is 1.18 bits per heavy atom. The Hall–Kier alpha value is -2.01. The van der Waals surface area contributed by atoms with Crippen LogP contribution in [0.5, 0.6) is 5.75 Å². The highest BCUT2D eigenvalue weighted by atomic mass is 79.9. The number of aryl methyl sites for hydroxylation is 1. The van der Waals surface area contributed by atoms with Gasteiger partial charge in [0.1, 0.15) is 5.75 Å². The number of nitrogens with zero attached hydrogens (tertiary/aromatic N) is 1. The zero-order valence-electron chi connectivity index (χ0n) is 12.9. The van der Waals surface area contributed by atoms with Crippen LogP contribution in [0.4, 0.5) is 11.4 Å². The number of hydrogen-bond donors (Lipinski definition) is 1. The molecule has 2 aromatic rings. The van der Waals surface area contributed by atoms with E-state index in [4.69, 9.17) is 4.74 Å². The second kappa shape index (κ2) is 7.31. The molecule has 0 aliphatic carbocycles. The van der Waals surface area contributed by atoms with Crippen LogP contribution in [-0.2, 0) is 4.79 Å². The molecule has 2 rings (SSSR count). The number of nitrogens with one attached hydrogen (secondary N) is 1. The minimum atomic E-state index is -0.182. The first-order chi connectivity index (χ1) is 10.5. The van der Waals surface area contributed by atoms with Gasteiger partial charge < -0.3 is 15.0 Å². The first kappa shape index (κ1) is 16.4. The molecule has 116 valence electrons. The highest BCUT2D eigenvalue weighted by Crippen LogP contribution is 2.21. The number of ether oxygens (including phenoxy) is 1. The van der Waals surface area contributed by atoms with Gasteiger partial charge in [-0.2, -0.15) is 0 Å². The summed E-state index contributed by atoms with van der Waals surface area (Å²) in [6.45, 7) is 1.96. The lowest BCUT2D eigenvalue weighted by molar-refractivity contribution is -0.118. The van der Waals surface area contributed by atoms with Gasteiger partial charge in [0.25, 0.3) is 5.91 Å². The van der Waals surface area contributed by atoms with Crippen molar-refractivity contribution in [3.63, 3.8) is 0 Å². The van der Waals surface area contributed by atoms with Crippen molar-refractivity contribution < 1.29 is 9.53 Å². The predicted octanol–water partition coefficient (Wildman–Crippen LogP) is 3.84. The molecule has 0 aliphatic rings. The summed E-state index contributed by atoms with van der Waals surface area (Å²) in [5.41, 5.74) is 2.91. The molecule has 0 saturated heterocycles. The first-order valence-corrected chi connectivity index (χ1v) is 7.71. The molecule has 22 heavy (non-hydrogen) atoms. The molecule has 0 aromatic heterocycles. The van der Waals surface area contributed by atoms with E-state index in [9.17, 15) is 4.79 Å². The fraction of sp³-hybridized carbons (Fsp3) is 0.235. The zero-order chi connectivity index (χ0) is 16.1. The maximum atomic E-state index is 11.9. The van der Waals surface area contributed by atoms with Crippen molar-refractivity contribution in [3.8, 4) is 5.75 Å². The number of anilines is 2. The van der Waals surface area contributed by atoms with Crippen molar-refractivity contribution in [2.75, 3.05) is 30.9 Å². The molecule has 0 spiro atoms. The molecule has 0 heterocycles. The zero-order valence-corrected chi connectivity index (χ0v) is 14.5. The van der Waals surface area contributed by atoms with Crippen LogP contribution in [0.15, 0.2) is 46.9 Å². The second-order valence-corrected chi connectivity index (χ2v) is 6.04. The van der Waals surface area contributed by atoms with E-state index < -0.39 is 0 Å². The molecule has 0 atom stereocenters. The highest BCUT2D eigenvalue weighted by Gasteiger charge is 2.05. The fourth-order valence-electron chi connectivity index (χ4n) is 1.90. The smallest absolute Gasteiger partial charge is 0.262 e. The number of rotatable bonds is 5. The van der Waals surface area contributed by atoms with Crippen LogP contribution in [0.2, 0.25) is 0 Å². The molecule has 0 bridgehead atoms. The van der Waals surface area contributed by atoms with Crippen molar-refractivity contribution in [2.45, 2.75) is 6.92 Å². The topological polar surface area (TPSA) is 41.6 Å². The van der Waals surface area contributed by atoms with Gasteiger partial charge in [-0.15, -0.1) is 0 Å². The lowest BCUT2D eigenvalue weighted by Crippen LogP contribution is -2.20. The standard InChI is InChI=1S/C17H19BrN2O2/c1-12-10-15(8-9-16(12)18)22-11-17(21)19-13-4-6-14(7-5-13)20(2)3/h4-10H,11H2,1-3H3,(H,19,21). The molecule has 4 nitrogen and oxygen atoms in total. The van der Waals surface area contributed by atoms with Gasteiger partial charge in [0.05, 0.1) is 0 Å². The van der Waals surface area contributed by atoms with E-state index in [1.807, 2.05) is 68.4 Å². The molecular formula is C17H19BrN2O2. The summed E-state index contributed by atoms with van der Waals surface area (Å²) < 4.78 is 6.52. The molecule has 0 fully saturated rings. The van der Waals surface area contributed by atoms with Gasteiger partial charge in [-0.25, -0.2) is 0 Å². The van der Waals surface area contributed by atoms with Crippen LogP contribution in [0.3, 0.4) is 0 Å². The van der Waals surface area contributed by atoms with E-state index in [1.54, 1.807) is 0 Å². The Morgan fingerprint density at radius 2 is 1.86 bits per heavy atom. The van der Waals surface area contributed by atoms with Crippen LogP contribution in [-0.4, -0.2) is 26.6 Å². The molecular weight excluding hydrogens is 344 g/mol. The van der Waals surface area contributed by atoms with E-state index >= 15 is 0 Å².